The monoisotopic (exact) mass is 229 g/mol. The summed E-state index contributed by atoms with van der Waals surface area (Å²) in [6.45, 7) is 0. The average molecular weight is 229 g/mol. The van der Waals surface area contributed by atoms with Crippen LogP contribution in [0.15, 0.2) is 0 Å². The zero-order chi connectivity index (χ0) is 11.0. The van der Waals surface area contributed by atoms with Gasteiger partial charge in [-0.1, -0.05) is 0 Å². The van der Waals surface area contributed by atoms with Crippen molar-refractivity contribution < 1.29 is 31.3 Å². The molecule has 0 aliphatic heterocycles. The number of hydrogen-bond acceptors (Lipinski definition) is 5. The van der Waals surface area contributed by atoms with E-state index in [0.29, 0.717) is 12.8 Å². The van der Waals surface area contributed by atoms with E-state index in [1.807, 2.05) is 0 Å². The van der Waals surface area contributed by atoms with Crippen molar-refractivity contribution in [3.8, 4) is 0 Å². The SMILES string of the molecule is O=C(OC1CCC1)C(F)(F)S(=O)(=O)[O-]. The van der Waals surface area contributed by atoms with E-state index in [1.165, 1.54) is 0 Å². The summed E-state index contributed by atoms with van der Waals surface area (Å²) in [7, 11) is -5.99. The Morgan fingerprint density at radius 2 is 1.93 bits per heavy atom. The predicted molar refractivity (Wildman–Crippen MR) is 38.4 cm³/mol. The van der Waals surface area contributed by atoms with Crippen LogP contribution < -0.4 is 0 Å². The first kappa shape index (κ1) is 11.3. The molecule has 0 amide bonds. The van der Waals surface area contributed by atoms with Crippen LogP contribution in [0.2, 0.25) is 0 Å². The molecule has 8 heteroatoms. The Bertz CT molecular complexity index is 332. The first-order chi connectivity index (χ1) is 6.25. The van der Waals surface area contributed by atoms with Crippen molar-refractivity contribution in [3.63, 3.8) is 0 Å². The van der Waals surface area contributed by atoms with E-state index in [1.54, 1.807) is 0 Å². The number of hydrogen-bond donors (Lipinski definition) is 0. The van der Waals surface area contributed by atoms with E-state index in [0.717, 1.165) is 6.42 Å². The van der Waals surface area contributed by atoms with Gasteiger partial charge in [0.2, 0.25) is 0 Å². The molecule has 0 saturated heterocycles. The smallest absolute Gasteiger partial charge is 0.428 e. The molecule has 5 nitrogen and oxygen atoms in total. The molecule has 82 valence electrons. The summed E-state index contributed by atoms with van der Waals surface area (Å²) in [5.74, 6) is -2.28. The van der Waals surface area contributed by atoms with Gasteiger partial charge in [-0.2, -0.15) is 8.78 Å². The number of rotatable bonds is 3. The van der Waals surface area contributed by atoms with Crippen molar-refractivity contribution in [1.29, 1.82) is 0 Å². The Balaban J connectivity index is 2.67. The van der Waals surface area contributed by atoms with Crippen molar-refractivity contribution in [2.45, 2.75) is 30.6 Å². The second-order valence-electron chi connectivity index (χ2n) is 2.93. The van der Waals surface area contributed by atoms with Gasteiger partial charge in [-0.25, -0.2) is 13.2 Å². The molecule has 0 N–H and O–H groups in total. The van der Waals surface area contributed by atoms with Crippen LogP contribution in [0, 0.1) is 0 Å². The second kappa shape index (κ2) is 3.43. The molecule has 0 aromatic carbocycles. The van der Waals surface area contributed by atoms with E-state index in [2.05, 4.69) is 4.74 Å². The summed E-state index contributed by atoms with van der Waals surface area (Å²) in [6.07, 6.45) is 0.880. The third kappa shape index (κ3) is 2.01. The summed E-state index contributed by atoms with van der Waals surface area (Å²) >= 11 is 0. The molecule has 0 heterocycles. The van der Waals surface area contributed by atoms with Gasteiger partial charge < -0.3 is 9.29 Å². The standard InChI is InChI=1S/C6H8F2O5S/c7-6(8,14(10,11)12)5(9)13-4-2-1-3-4/h4H,1-3H2,(H,10,11,12)/p-1. The molecule has 0 aromatic rings. The number of alkyl halides is 2. The maximum absolute atomic E-state index is 12.5. The molecule has 0 spiro atoms. The first-order valence-electron chi connectivity index (χ1n) is 3.79. The maximum Gasteiger partial charge on any atom is 0.428 e. The van der Waals surface area contributed by atoms with Crippen molar-refractivity contribution in [2.24, 2.45) is 0 Å². The molecule has 0 unspecified atom stereocenters. The van der Waals surface area contributed by atoms with Gasteiger partial charge in [0.15, 0.2) is 10.1 Å². The van der Waals surface area contributed by atoms with Gasteiger partial charge in [-0.15, -0.1) is 0 Å². The molecule has 1 aliphatic carbocycles. The van der Waals surface area contributed by atoms with Crippen molar-refractivity contribution in [2.75, 3.05) is 0 Å². The fourth-order valence-electron chi connectivity index (χ4n) is 0.811. The predicted octanol–water partition coefficient (Wildman–Crippen LogP) is 0.220. The highest BCUT2D eigenvalue weighted by atomic mass is 32.2. The molecule has 0 bridgehead atoms. The molecule has 0 atom stereocenters. The highest BCUT2D eigenvalue weighted by Gasteiger charge is 2.49. The van der Waals surface area contributed by atoms with Gasteiger partial charge in [0.25, 0.3) is 0 Å². The maximum atomic E-state index is 12.5. The number of carbonyl (C=O) groups is 1. The van der Waals surface area contributed by atoms with Crippen molar-refractivity contribution in [3.05, 3.63) is 0 Å². The first-order valence-corrected chi connectivity index (χ1v) is 5.20. The number of halogens is 2. The zero-order valence-electron chi connectivity index (χ0n) is 6.90. The largest absolute Gasteiger partial charge is 0.743 e. The van der Waals surface area contributed by atoms with E-state index < -0.39 is 27.4 Å². The van der Waals surface area contributed by atoms with Crippen LogP contribution >= 0.6 is 0 Å². The van der Waals surface area contributed by atoms with Crippen LogP contribution in [0.1, 0.15) is 19.3 Å². The Hall–Kier alpha value is -0.760. The van der Waals surface area contributed by atoms with Crippen molar-refractivity contribution in [1.82, 2.24) is 0 Å². The third-order valence-electron chi connectivity index (χ3n) is 1.88. The highest BCUT2D eigenvalue weighted by Crippen LogP contribution is 2.28. The summed E-state index contributed by atoms with van der Waals surface area (Å²) in [4.78, 5) is 10.6. The molecule has 1 rings (SSSR count). The Morgan fingerprint density at radius 3 is 2.21 bits per heavy atom. The molecule has 1 fully saturated rings. The lowest BCUT2D eigenvalue weighted by Crippen LogP contribution is -2.42. The number of esters is 1. The van der Waals surface area contributed by atoms with Crippen LogP contribution in [-0.2, 0) is 19.6 Å². The van der Waals surface area contributed by atoms with Gasteiger partial charge in [-0.05, 0) is 19.3 Å². The van der Waals surface area contributed by atoms with Gasteiger partial charge >= 0.3 is 11.2 Å². The minimum atomic E-state index is -5.99. The lowest BCUT2D eigenvalue weighted by atomic mass is 9.96. The van der Waals surface area contributed by atoms with E-state index >= 15 is 0 Å². The van der Waals surface area contributed by atoms with Crippen molar-refractivity contribution >= 4 is 16.1 Å². The zero-order valence-corrected chi connectivity index (χ0v) is 7.72. The molecule has 0 aromatic heterocycles. The molecular weight excluding hydrogens is 222 g/mol. The quantitative estimate of drug-likeness (QED) is 0.510. The fraction of sp³-hybridized carbons (Fsp3) is 0.833. The topological polar surface area (TPSA) is 83.5 Å². The lowest BCUT2D eigenvalue weighted by molar-refractivity contribution is -0.171. The normalized spacial score (nSPS) is 18.8. The molecule has 14 heavy (non-hydrogen) atoms. The highest BCUT2D eigenvalue weighted by molar-refractivity contribution is 7.87. The summed E-state index contributed by atoms with van der Waals surface area (Å²) in [5.41, 5.74) is 0. The average Bonchev–Trinajstić information content (AvgIpc) is 1.93. The minimum Gasteiger partial charge on any atom is -0.743 e. The Kier molecular flexibility index (Phi) is 2.77. The second-order valence-corrected chi connectivity index (χ2v) is 4.35. The number of ether oxygens (including phenoxy) is 1. The van der Waals surface area contributed by atoms with Crippen LogP contribution in [0.5, 0.6) is 0 Å². The van der Waals surface area contributed by atoms with Gasteiger partial charge in [0.05, 0.1) is 0 Å². The van der Waals surface area contributed by atoms with Crippen LogP contribution in [0.3, 0.4) is 0 Å². The fourth-order valence-corrected chi connectivity index (χ4v) is 1.06. The third-order valence-corrected chi connectivity index (χ3v) is 2.67. The lowest BCUT2D eigenvalue weighted by Gasteiger charge is -2.27. The molecular formula is C6H7F2O5S-. The van der Waals surface area contributed by atoms with Gasteiger partial charge in [0.1, 0.15) is 6.10 Å². The van der Waals surface area contributed by atoms with E-state index in [4.69, 9.17) is 0 Å². The molecule has 1 aliphatic rings. The van der Waals surface area contributed by atoms with Gasteiger partial charge in [0, 0.05) is 0 Å². The molecule has 1 saturated carbocycles. The van der Waals surface area contributed by atoms with Gasteiger partial charge in [-0.3, -0.25) is 0 Å². The minimum absolute atomic E-state index is 0.417. The molecule has 0 radical (unpaired) electrons. The Labute approximate surface area is 78.8 Å². The summed E-state index contributed by atoms with van der Waals surface area (Å²) in [6, 6.07) is 0. The van der Waals surface area contributed by atoms with E-state index in [9.17, 15) is 26.5 Å². The number of carbonyl (C=O) groups excluding carboxylic acids is 1. The summed E-state index contributed by atoms with van der Waals surface area (Å²) < 4.78 is 59.0. The van der Waals surface area contributed by atoms with Crippen LogP contribution in [-0.4, -0.2) is 30.3 Å². The van der Waals surface area contributed by atoms with Crippen LogP contribution in [0.25, 0.3) is 0 Å². The van der Waals surface area contributed by atoms with Crippen LogP contribution in [0.4, 0.5) is 8.78 Å². The Morgan fingerprint density at radius 1 is 1.43 bits per heavy atom. The van der Waals surface area contributed by atoms with E-state index in [-0.39, 0.29) is 0 Å². The summed E-state index contributed by atoms with van der Waals surface area (Å²) in [5, 5.41) is -4.98.